The van der Waals surface area contributed by atoms with Gasteiger partial charge < -0.3 is 0 Å². The van der Waals surface area contributed by atoms with Crippen LogP contribution in [0.1, 0.15) is 67.2 Å². The van der Waals surface area contributed by atoms with Crippen molar-refractivity contribution in [3.63, 3.8) is 0 Å². The molecule has 3 aliphatic rings. The van der Waals surface area contributed by atoms with E-state index >= 15 is 0 Å². The van der Waals surface area contributed by atoms with E-state index in [1.165, 1.54) is 32.2 Å². The van der Waals surface area contributed by atoms with Crippen LogP contribution in [0.25, 0.3) is 0 Å². The number of likely N-dealkylation sites (tertiary alicyclic amines) is 1. The Morgan fingerprint density at radius 2 is 1.89 bits per heavy atom. The fourth-order valence-corrected chi connectivity index (χ4v) is 6.72. The molecule has 3 rings (SSSR count). The van der Waals surface area contributed by atoms with Crippen molar-refractivity contribution in [3.05, 3.63) is 0 Å². The highest BCUT2D eigenvalue weighted by Crippen LogP contribution is 2.68. The first-order valence-corrected chi connectivity index (χ1v) is 8.59. The summed E-state index contributed by atoms with van der Waals surface area (Å²) in [6.07, 6.45) is 5.93. The Morgan fingerprint density at radius 1 is 1.21 bits per heavy atom. The maximum atomic E-state index is 2.92. The minimum atomic E-state index is 0.427. The molecule has 1 heterocycles. The third kappa shape index (κ3) is 1.63. The molecule has 0 aromatic carbocycles. The van der Waals surface area contributed by atoms with Crippen LogP contribution in [0.4, 0.5) is 0 Å². The fraction of sp³-hybridized carbons (Fsp3) is 1.00. The molecule has 19 heavy (non-hydrogen) atoms. The van der Waals surface area contributed by atoms with Crippen LogP contribution >= 0.6 is 0 Å². The van der Waals surface area contributed by atoms with E-state index in [1.807, 2.05) is 0 Å². The molecule has 0 N–H and O–H groups in total. The van der Waals surface area contributed by atoms with Gasteiger partial charge in [-0.05, 0) is 54.4 Å². The standard InChI is InChI=1S/C18H33N/c1-7-19-14-9-8-10-18(14)13(3)11-12(2)15(18)16(19)17(4,5)6/h12-16H,7-11H2,1-6H3. The Labute approximate surface area is 120 Å². The first-order valence-electron chi connectivity index (χ1n) is 8.59. The lowest BCUT2D eigenvalue weighted by Gasteiger charge is -2.41. The van der Waals surface area contributed by atoms with Gasteiger partial charge in [0.25, 0.3) is 0 Å². The lowest BCUT2D eigenvalue weighted by molar-refractivity contribution is 0.0746. The zero-order valence-corrected chi connectivity index (χ0v) is 13.9. The SMILES string of the molecule is CCN1C(C(C)(C)C)C2C(C)CC(C)C23CCCC13. The minimum Gasteiger partial charge on any atom is -0.296 e. The van der Waals surface area contributed by atoms with Crippen molar-refractivity contribution in [1.82, 2.24) is 4.90 Å². The van der Waals surface area contributed by atoms with Crippen molar-refractivity contribution in [2.45, 2.75) is 79.3 Å². The second kappa shape index (κ2) is 4.23. The molecule has 1 nitrogen and oxygen atoms in total. The monoisotopic (exact) mass is 263 g/mol. The lowest BCUT2D eigenvalue weighted by Crippen LogP contribution is -2.46. The normalized spacial score (nSPS) is 50.5. The van der Waals surface area contributed by atoms with Crippen LogP contribution in [0.15, 0.2) is 0 Å². The Balaban J connectivity index is 2.08. The third-order valence-corrected chi connectivity index (χ3v) is 6.93. The largest absolute Gasteiger partial charge is 0.296 e. The summed E-state index contributed by atoms with van der Waals surface area (Å²) in [6, 6.07) is 1.70. The molecule has 0 bridgehead atoms. The van der Waals surface area contributed by atoms with E-state index in [-0.39, 0.29) is 0 Å². The maximum absolute atomic E-state index is 2.92. The molecule has 6 unspecified atom stereocenters. The zero-order chi connectivity index (χ0) is 14.0. The molecular weight excluding hydrogens is 230 g/mol. The van der Waals surface area contributed by atoms with Gasteiger partial charge in [0.15, 0.2) is 0 Å². The highest BCUT2D eigenvalue weighted by molar-refractivity contribution is 5.19. The summed E-state index contributed by atoms with van der Waals surface area (Å²) in [5.41, 5.74) is 1.10. The number of hydrogen-bond acceptors (Lipinski definition) is 1. The van der Waals surface area contributed by atoms with Crippen molar-refractivity contribution in [2.75, 3.05) is 6.54 Å². The Morgan fingerprint density at radius 3 is 2.47 bits per heavy atom. The molecule has 3 fully saturated rings. The zero-order valence-electron chi connectivity index (χ0n) is 13.9. The predicted molar refractivity (Wildman–Crippen MR) is 82.1 cm³/mol. The molecule has 0 aromatic rings. The molecule has 1 aliphatic heterocycles. The van der Waals surface area contributed by atoms with Crippen molar-refractivity contribution in [2.24, 2.45) is 28.6 Å². The Hall–Kier alpha value is -0.0400. The third-order valence-electron chi connectivity index (χ3n) is 6.93. The van der Waals surface area contributed by atoms with Gasteiger partial charge in [0.1, 0.15) is 0 Å². The summed E-state index contributed by atoms with van der Waals surface area (Å²) in [6.45, 7) is 16.2. The molecular formula is C18H33N. The Bertz CT molecular complexity index is 355. The summed E-state index contributed by atoms with van der Waals surface area (Å²) >= 11 is 0. The van der Waals surface area contributed by atoms with Gasteiger partial charge in [-0.2, -0.15) is 0 Å². The highest BCUT2D eigenvalue weighted by Gasteiger charge is 2.68. The van der Waals surface area contributed by atoms with Crippen molar-refractivity contribution in [3.8, 4) is 0 Å². The van der Waals surface area contributed by atoms with E-state index in [9.17, 15) is 0 Å². The average molecular weight is 263 g/mol. The molecule has 110 valence electrons. The van der Waals surface area contributed by atoms with Gasteiger partial charge in [0.2, 0.25) is 0 Å². The summed E-state index contributed by atoms with van der Waals surface area (Å²) in [4.78, 5) is 2.92. The number of nitrogens with zero attached hydrogens (tertiary/aromatic N) is 1. The predicted octanol–water partition coefficient (Wildman–Crippen LogP) is 4.57. The van der Waals surface area contributed by atoms with E-state index in [0.29, 0.717) is 10.8 Å². The molecule has 6 atom stereocenters. The van der Waals surface area contributed by atoms with E-state index in [4.69, 9.17) is 0 Å². The van der Waals surface area contributed by atoms with Gasteiger partial charge in [-0.25, -0.2) is 0 Å². The number of hydrogen-bond donors (Lipinski definition) is 0. The summed E-state index contributed by atoms with van der Waals surface area (Å²) in [5, 5.41) is 0. The molecule has 2 saturated carbocycles. The molecule has 2 aliphatic carbocycles. The maximum Gasteiger partial charge on any atom is 0.0184 e. The van der Waals surface area contributed by atoms with Crippen LogP contribution in [-0.4, -0.2) is 23.5 Å². The van der Waals surface area contributed by atoms with Gasteiger partial charge in [0, 0.05) is 12.1 Å². The van der Waals surface area contributed by atoms with Crippen LogP contribution < -0.4 is 0 Å². The second-order valence-electron chi connectivity index (χ2n) is 8.80. The summed E-state index contributed by atoms with van der Waals surface area (Å²) < 4.78 is 0. The average Bonchev–Trinajstić information content (AvgIpc) is 2.87. The summed E-state index contributed by atoms with van der Waals surface area (Å²) in [5.74, 6) is 2.83. The minimum absolute atomic E-state index is 0.427. The van der Waals surface area contributed by atoms with Gasteiger partial charge in [-0.3, -0.25) is 4.90 Å². The van der Waals surface area contributed by atoms with E-state index in [2.05, 4.69) is 46.4 Å². The van der Waals surface area contributed by atoms with E-state index in [0.717, 1.165) is 29.8 Å². The topological polar surface area (TPSA) is 3.24 Å². The van der Waals surface area contributed by atoms with Crippen LogP contribution in [0.3, 0.4) is 0 Å². The molecule has 0 radical (unpaired) electrons. The second-order valence-corrected chi connectivity index (χ2v) is 8.80. The first kappa shape index (κ1) is 13.9. The highest BCUT2D eigenvalue weighted by atomic mass is 15.3. The van der Waals surface area contributed by atoms with Crippen LogP contribution in [0, 0.1) is 28.6 Å². The molecule has 0 amide bonds. The lowest BCUT2D eigenvalue weighted by atomic mass is 9.65. The Kier molecular flexibility index (Phi) is 3.10. The van der Waals surface area contributed by atoms with E-state index < -0.39 is 0 Å². The number of rotatable bonds is 1. The van der Waals surface area contributed by atoms with Crippen LogP contribution in [-0.2, 0) is 0 Å². The van der Waals surface area contributed by atoms with E-state index in [1.54, 1.807) is 0 Å². The van der Waals surface area contributed by atoms with Gasteiger partial charge >= 0.3 is 0 Å². The van der Waals surface area contributed by atoms with Crippen molar-refractivity contribution in [1.29, 1.82) is 0 Å². The van der Waals surface area contributed by atoms with Crippen molar-refractivity contribution < 1.29 is 0 Å². The quantitative estimate of drug-likeness (QED) is 0.670. The molecule has 0 aromatic heterocycles. The van der Waals surface area contributed by atoms with Crippen LogP contribution in [0.5, 0.6) is 0 Å². The fourth-order valence-electron chi connectivity index (χ4n) is 6.72. The van der Waals surface area contributed by atoms with Gasteiger partial charge in [0.05, 0.1) is 0 Å². The molecule has 1 saturated heterocycles. The van der Waals surface area contributed by atoms with Gasteiger partial charge in [-0.15, -0.1) is 0 Å². The van der Waals surface area contributed by atoms with Gasteiger partial charge in [-0.1, -0.05) is 48.0 Å². The smallest absolute Gasteiger partial charge is 0.0184 e. The van der Waals surface area contributed by atoms with Crippen LogP contribution in [0.2, 0.25) is 0 Å². The molecule has 1 spiro atoms. The first-order chi connectivity index (χ1) is 8.84. The van der Waals surface area contributed by atoms with Crippen molar-refractivity contribution >= 4 is 0 Å². The molecule has 1 heteroatoms. The summed E-state index contributed by atoms with van der Waals surface area (Å²) in [7, 11) is 0.